The maximum absolute atomic E-state index is 13.2. The molecule has 0 fully saturated rings. The van der Waals surface area contributed by atoms with Gasteiger partial charge in [0.2, 0.25) is 19.5 Å². The second-order valence-corrected chi connectivity index (χ2v) is 21.1. The molecule has 0 spiro atoms. The van der Waals surface area contributed by atoms with Crippen molar-refractivity contribution in [3.63, 3.8) is 0 Å². The minimum absolute atomic E-state index is 0.00783. The molecule has 0 atom stereocenters. The number of aryl methyl sites for hydroxylation is 2. The number of rotatable bonds is 19. The molecule has 2 aliphatic heterocycles. The number of Topliss-reactive ketones (excluding diaryl/α,β-unsaturated/α-hetero) is 1. The van der Waals surface area contributed by atoms with Crippen LogP contribution in [0.25, 0.3) is 39.3 Å². The fraction of sp³-hybridized carbons (Fsp3) is 0.164. The zero-order chi connectivity index (χ0) is 70.1. The van der Waals surface area contributed by atoms with E-state index >= 15 is 0 Å². The van der Waals surface area contributed by atoms with Crippen LogP contribution in [0.3, 0.4) is 0 Å². The van der Waals surface area contributed by atoms with Crippen molar-refractivity contribution in [2.24, 2.45) is 48.7 Å². The summed E-state index contributed by atoms with van der Waals surface area (Å²) in [5, 5.41) is 42.9. The average Bonchev–Trinajstić information content (AvgIpc) is 1.84. The molecule has 7 heterocycles. The molecule has 12 rings (SSSR count). The van der Waals surface area contributed by atoms with E-state index in [2.05, 4.69) is 41.3 Å². The monoisotopic (exact) mass is 1340 g/mol. The Labute approximate surface area is 547 Å². The van der Waals surface area contributed by atoms with Crippen LogP contribution >= 0.6 is 0 Å². The zero-order valence-electron chi connectivity index (χ0n) is 51.7. The van der Waals surface area contributed by atoms with Crippen LogP contribution in [-0.4, -0.2) is 131 Å². The molecule has 500 valence electrons. The Morgan fingerprint density at radius 1 is 0.643 bits per heavy atom. The smallest absolute Gasteiger partial charge is 0.332 e. The topological polar surface area (TPSA) is 460 Å². The average molecular weight is 1340 g/mol. The van der Waals surface area contributed by atoms with E-state index in [4.69, 9.17) is 24.8 Å². The summed E-state index contributed by atoms with van der Waals surface area (Å²) >= 11 is 0. The number of hydrogen-bond donors (Lipinski definition) is 4. The van der Waals surface area contributed by atoms with Gasteiger partial charge in [0.15, 0.2) is 62.8 Å². The van der Waals surface area contributed by atoms with Crippen LogP contribution in [0.15, 0.2) is 161 Å². The molecule has 0 saturated heterocycles. The number of carbonyl (C=O) groups excluding carboxylic acids is 4. The van der Waals surface area contributed by atoms with Crippen molar-refractivity contribution in [2.45, 2.75) is 12.8 Å². The number of nitro groups is 2. The van der Waals surface area contributed by atoms with Crippen molar-refractivity contribution >= 4 is 92.8 Å². The lowest BCUT2D eigenvalue weighted by Crippen LogP contribution is -2.38. The van der Waals surface area contributed by atoms with Crippen molar-refractivity contribution in [1.82, 2.24) is 58.1 Å². The number of carbonyl (C=O) groups is 4. The Hall–Kier alpha value is -14.0. The lowest BCUT2D eigenvalue weighted by Gasteiger charge is -2.12. The molecule has 10 aromatic rings. The molecular formula is C61H53N19O18. The van der Waals surface area contributed by atoms with Gasteiger partial charge in [0.1, 0.15) is 13.1 Å². The number of nitroso groups, excluding NO2 is 1. The number of hydrogen-bond acceptors (Lipinski definition) is 25. The highest BCUT2D eigenvalue weighted by molar-refractivity contribution is 6.11. The second-order valence-electron chi connectivity index (χ2n) is 21.1. The minimum Gasteiger partial charge on any atom is -0.454 e. The molecule has 5 N–H and O–H groups in total. The molecule has 37 nitrogen and oxygen atoms in total. The van der Waals surface area contributed by atoms with Gasteiger partial charge in [0.25, 0.3) is 34.3 Å². The Morgan fingerprint density at radius 3 is 1.70 bits per heavy atom. The zero-order valence-corrected chi connectivity index (χ0v) is 51.7. The first kappa shape index (κ1) is 66.9. The van der Waals surface area contributed by atoms with Gasteiger partial charge in [-0.1, -0.05) is 54.6 Å². The third-order valence-corrected chi connectivity index (χ3v) is 14.7. The van der Waals surface area contributed by atoms with Crippen molar-refractivity contribution in [3.05, 3.63) is 228 Å². The predicted molar refractivity (Wildman–Crippen MR) is 349 cm³/mol. The van der Waals surface area contributed by atoms with E-state index in [1.165, 1.54) is 106 Å². The Morgan fingerprint density at radius 2 is 1.15 bits per heavy atom. The molecule has 0 saturated carbocycles. The number of nitro benzene ring substituents is 2. The first-order chi connectivity index (χ1) is 47.0. The maximum atomic E-state index is 13.2. The number of para-hydroxylation sites is 1. The van der Waals surface area contributed by atoms with Gasteiger partial charge in [-0.15, -0.1) is 4.91 Å². The summed E-state index contributed by atoms with van der Waals surface area (Å²) < 4.78 is 28.7. The summed E-state index contributed by atoms with van der Waals surface area (Å²) in [6.45, 7) is -0.828. The number of ether oxygens (including phenoxy) is 4. The number of aromatic nitrogens is 9. The SMILES string of the molecule is Cn1c(=O)c2c(nc(/C=C\N=Cc3nc4c(c(=O)n(C)c(=O)n4C)n3O)n2N)n(C)c1=O.O=C(Cc1ccc2c(c1)OCO2)c1cn(C(=O)Cc2ccc3c(c2)OCO3)c2ccccc12.O=NN(CC(=O)N/N=C\c1cccc([N+](=O)[O-])c1)CC(=O)N/N=C/c1cccc([N+](=O)[O-])c1. The number of fused-ring (bicyclic) bond motifs is 5. The van der Waals surface area contributed by atoms with E-state index in [0.29, 0.717) is 54.9 Å². The predicted octanol–water partition coefficient (Wildman–Crippen LogP) is 2.72. The summed E-state index contributed by atoms with van der Waals surface area (Å²) in [6.07, 6.45) is 8.14. The molecule has 98 heavy (non-hydrogen) atoms. The van der Waals surface area contributed by atoms with Gasteiger partial charge in [0.05, 0.1) is 45.7 Å². The van der Waals surface area contributed by atoms with Gasteiger partial charge in [-0.3, -0.25) is 76.8 Å². The van der Waals surface area contributed by atoms with E-state index in [1.807, 2.05) is 54.6 Å². The van der Waals surface area contributed by atoms with Crippen LogP contribution in [-0.2, 0) is 50.6 Å². The summed E-state index contributed by atoms with van der Waals surface area (Å²) in [4.78, 5) is 142. The normalized spacial score (nSPS) is 12.1. The molecule has 0 radical (unpaired) electrons. The molecule has 0 aliphatic carbocycles. The second kappa shape index (κ2) is 28.9. The summed E-state index contributed by atoms with van der Waals surface area (Å²) in [5.74, 6) is 6.88. The number of ketones is 1. The number of non-ortho nitro benzene ring substituents is 2. The third-order valence-electron chi connectivity index (χ3n) is 14.7. The number of aliphatic imine (C=N–C) groups is 1. The van der Waals surface area contributed by atoms with Crippen molar-refractivity contribution in [3.8, 4) is 23.0 Å². The lowest BCUT2D eigenvalue weighted by atomic mass is 10.0. The summed E-state index contributed by atoms with van der Waals surface area (Å²) in [5.41, 5.74) is 4.99. The number of nitrogens with two attached hydrogens (primary N) is 1. The number of amides is 2. The van der Waals surface area contributed by atoms with Crippen LogP contribution in [0.5, 0.6) is 23.0 Å². The van der Waals surface area contributed by atoms with Crippen LogP contribution in [0.1, 0.15) is 49.1 Å². The number of nitrogens with one attached hydrogen (secondary N) is 2. The van der Waals surface area contributed by atoms with Crippen LogP contribution in [0.2, 0.25) is 0 Å². The Balaban J connectivity index is 0.000000159. The van der Waals surface area contributed by atoms with Crippen molar-refractivity contribution in [2.75, 3.05) is 32.5 Å². The maximum Gasteiger partial charge on any atom is 0.332 e. The van der Waals surface area contributed by atoms with E-state index in [9.17, 15) is 68.7 Å². The van der Waals surface area contributed by atoms with Gasteiger partial charge >= 0.3 is 11.4 Å². The van der Waals surface area contributed by atoms with E-state index in [0.717, 1.165) is 41.1 Å². The molecule has 37 heteroatoms. The van der Waals surface area contributed by atoms with Crippen molar-refractivity contribution < 1.29 is 53.2 Å². The van der Waals surface area contributed by atoms with Gasteiger partial charge in [-0.05, 0) is 41.5 Å². The van der Waals surface area contributed by atoms with Crippen LogP contribution < -0.4 is 58.1 Å². The standard InChI is InChI=1S/C26H19NO6.C18H16N8O7.C17H18N10O5/c28-21(9-16-5-7-22-24(10-16)32-14-30-22)19-13-27(20-4-2-1-3-18(19)20)26(29)12-17-6-8-23-25(11-17)33-15-31-23;27-17(21-19-9-13-3-1-5-15(7-13)25(30)31)11-24(23-29)12-18(28)22-20-10-14-4-2-6-16(8-14)26(32)33;1-22-12-10(14(28)24(3)16(22)30)26(18)8(20-12)5-6-19-7-9-21-13-11(27(9)32)15(29)25(4)17(31)23(13)2/h1-8,10-11,13H,9,12,14-15H2;1-10H,11-12H2,(H,21,27)(H,22,28);5-7,32H,18H2,1-4H3/b;19-9-,20-10+;6-5-,19-7?. The first-order valence-electron chi connectivity index (χ1n) is 28.7. The Bertz CT molecular complexity index is 4970. The van der Waals surface area contributed by atoms with Gasteiger partial charge in [0, 0.05) is 99.4 Å². The highest BCUT2D eigenvalue weighted by Crippen LogP contribution is 2.35. The molecule has 2 aliphatic rings. The first-order valence-corrected chi connectivity index (χ1v) is 28.7. The van der Waals surface area contributed by atoms with Gasteiger partial charge in [-0.25, -0.2) is 40.1 Å². The molecule has 5 aromatic heterocycles. The molecule has 0 unspecified atom stereocenters. The van der Waals surface area contributed by atoms with E-state index < -0.39 is 57.2 Å². The largest absolute Gasteiger partial charge is 0.454 e. The highest BCUT2D eigenvalue weighted by Gasteiger charge is 2.24. The quantitative estimate of drug-likeness (QED) is 0.0172. The van der Waals surface area contributed by atoms with E-state index in [1.54, 1.807) is 16.8 Å². The highest BCUT2D eigenvalue weighted by atomic mass is 16.7. The summed E-state index contributed by atoms with van der Waals surface area (Å²) in [7, 11) is 5.50. The Kier molecular flexibility index (Phi) is 19.7. The molecule has 5 aromatic carbocycles. The molecular weight excluding hydrogens is 1290 g/mol. The number of hydrazone groups is 2. The third kappa shape index (κ3) is 14.6. The van der Waals surface area contributed by atoms with Crippen LogP contribution in [0, 0.1) is 25.1 Å². The molecule has 0 bridgehead atoms. The van der Waals surface area contributed by atoms with Gasteiger partial charge in [-0.2, -0.15) is 14.9 Å². The summed E-state index contributed by atoms with van der Waals surface area (Å²) in [6, 6.07) is 29.4. The fourth-order valence-electron chi connectivity index (χ4n) is 9.81. The van der Waals surface area contributed by atoms with Crippen LogP contribution in [0.4, 0.5) is 11.4 Å². The number of benzene rings is 5. The lowest BCUT2D eigenvalue weighted by molar-refractivity contribution is -0.385. The van der Waals surface area contributed by atoms with E-state index in [-0.39, 0.29) is 83.5 Å². The molecule has 2 amide bonds. The van der Waals surface area contributed by atoms with Gasteiger partial charge < -0.3 is 30.0 Å². The fourth-order valence-corrected chi connectivity index (χ4v) is 9.81. The number of nitrogen functional groups attached to an aromatic ring is 1. The number of nitrogens with zero attached hydrogens (tertiary/aromatic N) is 16. The van der Waals surface area contributed by atoms with Crippen molar-refractivity contribution in [1.29, 1.82) is 0 Å². The minimum atomic E-state index is -0.774. The number of imidazole rings is 2.